The highest BCUT2D eigenvalue weighted by Crippen LogP contribution is 2.24. The summed E-state index contributed by atoms with van der Waals surface area (Å²) >= 11 is 1.45. The van der Waals surface area contributed by atoms with Gasteiger partial charge in [0, 0.05) is 24.0 Å². The van der Waals surface area contributed by atoms with Gasteiger partial charge >= 0.3 is 5.97 Å². The molecule has 1 saturated heterocycles. The number of rotatable bonds is 3. The van der Waals surface area contributed by atoms with Crippen molar-refractivity contribution in [2.45, 2.75) is 12.8 Å². The number of esters is 1. The van der Waals surface area contributed by atoms with Gasteiger partial charge in [0.15, 0.2) is 0 Å². The second kappa shape index (κ2) is 5.46. The van der Waals surface area contributed by atoms with Crippen molar-refractivity contribution in [2.75, 3.05) is 11.4 Å². The van der Waals surface area contributed by atoms with Crippen molar-refractivity contribution in [3.63, 3.8) is 0 Å². The standard InChI is InChI=1S/C15H13NO3S/c17-14-2-1-8-16(14)12-3-5-13(6-4-12)19-15(18)11-7-9-20-10-11/h3-7,9-10H,1-2,8H2. The minimum absolute atomic E-state index is 0.146. The van der Waals surface area contributed by atoms with Crippen molar-refractivity contribution >= 4 is 28.9 Å². The van der Waals surface area contributed by atoms with Crippen molar-refractivity contribution < 1.29 is 14.3 Å². The van der Waals surface area contributed by atoms with E-state index in [4.69, 9.17) is 4.74 Å². The highest BCUT2D eigenvalue weighted by atomic mass is 32.1. The Morgan fingerprint density at radius 2 is 2.00 bits per heavy atom. The Bertz CT molecular complexity index is 619. The molecule has 1 fully saturated rings. The molecule has 0 unspecified atom stereocenters. The molecule has 102 valence electrons. The number of benzene rings is 1. The van der Waals surface area contributed by atoms with E-state index in [1.807, 2.05) is 5.38 Å². The molecule has 0 radical (unpaired) electrons. The van der Waals surface area contributed by atoms with Crippen LogP contribution in [0.4, 0.5) is 5.69 Å². The third-order valence-corrected chi connectivity index (χ3v) is 3.87. The van der Waals surface area contributed by atoms with Gasteiger partial charge in [-0.1, -0.05) is 0 Å². The van der Waals surface area contributed by atoms with Crippen LogP contribution in [0.25, 0.3) is 0 Å². The molecule has 4 nitrogen and oxygen atoms in total. The minimum atomic E-state index is -0.365. The van der Waals surface area contributed by atoms with Crippen LogP contribution < -0.4 is 9.64 Å². The van der Waals surface area contributed by atoms with Gasteiger partial charge in [-0.2, -0.15) is 11.3 Å². The van der Waals surface area contributed by atoms with Gasteiger partial charge in [0.25, 0.3) is 0 Å². The minimum Gasteiger partial charge on any atom is -0.423 e. The third-order valence-electron chi connectivity index (χ3n) is 3.19. The maximum atomic E-state index is 11.8. The van der Waals surface area contributed by atoms with E-state index in [9.17, 15) is 9.59 Å². The molecule has 0 saturated carbocycles. The molecule has 2 heterocycles. The van der Waals surface area contributed by atoms with Gasteiger partial charge in [-0.3, -0.25) is 4.79 Å². The first-order valence-electron chi connectivity index (χ1n) is 6.39. The summed E-state index contributed by atoms with van der Waals surface area (Å²) in [6.45, 7) is 0.757. The Balaban J connectivity index is 1.70. The number of thiophene rings is 1. The molecule has 1 aromatic carbocycles. The summed E-state index contributed by atoms with van der Waals surface area (Å²) in [5, 5.41) is 3.58. The van der Waals surface area contributed by atoms with Gasteiger partial charge in [-0.15, -0.1) is 0 Å². The van der Waals surface area contributed by atoms with Crippen LogP contribution in [0.5, 0.6) is 5.75 Å². The smallest absolute Gasteiger partial charge is 0.344 e. The van der Waals surface area contributed by atoms with E-state index in [2.05, 4.69) is 0 Å². The van der Waals surface area contributed by atoms with E-state index >= 15 is 0 Å². The van der Waals surface area contributed by atoms with Crippen molar-refractivity contribution in [2.24, 2.45) is 0 Å². The molecule has 0 atom stereocenters. The van der Waals surface area contributed by atoms with Crippen LogP contribution in [-0.2, 0) is 4.79 Å². The molecule has 1 aliphatic rings. The summed E-state index contributed by atoms with van der Waals surface area (Å²) in [6, 6.07) is 8.76. The molecule has 1 aromatic heterocycles. The van der Waals surface area contributed by atoms with Gasteiger partial charge in [0.2, 0.25) is 5.91 Å². The second-order valence-electron chi connectivity index (χ2n) is 4.54. The summed E-state index contributed by atoms with van der Waals surface area (Å²) < 4.78 is 5.27. The number of carbonyl (C=O) groups is 2. The number of amides is 1. The third kappa shape index (κ3) is 2.58. The Morgan fingerprint density at radius 1 is 1.20 bits per heavy atom. The monoisotopic (exact) mass is 287 g/mol. The maximum absolute atomic E-state index is 11.8. The molecule has 1 amide bonds. The Kier molecular flexibility index (Phi) is 3.52. The number of ether oxygens (including phenoxy) is 1. The fraction of sp³-hybridized carbons (Fsp3) is 0.200. The van der Waals surface area contributed by atoms with Crippen LogP contribution >= 0.6 is 11.3 Å². The predicted molar refractivity (Wildman–Crippen MR) is 77.3 cm³/mol. The Hall–Kier alpha value is -2.14. The lowest BCUT2D eigenvalue weighted by Crippen LogP contribution is -2.23. The SMILES string of the molecule is O=C(Oc1ccc(N2CCCC2=O)cc1)c1ccsc1. The van der Waals surface area contributed by atoms with E-state index in [1.165, 1.54) is 11.3 Å². The largest absolute Gasteiger partial charge is 0.423 e. The van der Waals surface area contributed by atoms with E-state index in [0.717, 1.165) is 18.7 Å². The quantitative estimate of drug-likeness (QED) is 0.643. The average molecular weight is 287 g/mol. The van der Waals surface area contributed by atoms with E-state index in [-0.39, 0.29) is 11.9 Å². The number of carbonyl (C=O) groups excluding carboxylic acids is 2. The molecular formula is C15H13NO3S. The highest BCUT2D eigenvalue weighted by molar-refractivity contribution is 7.08. The summed E-state index contributed by atoms with van der Waals surface area (Å²) in [5.41, 5.74) is 1.40. The molecule has 20 heavy (non-hydrogen) atoms. The van der Waals surface area contributed by atoms with Gasteiger partial charge < -0.3 is 9.64 Å². The zero-order valence-corrected chi connectivity index (χ0v) is 11.6. The number of nitrogens with zero attached hydrogens (tertiary/aromatic N) is 1. The van der Waals surface area contributed by atoms with E-state index < -0.39 is 0 Å². The summed E-state index contributed by atoms with van der Waals surface area (Å²) in [4.78, 5) is 25.2. The van der Waals surface area contributed by atoms with Crippen molar-refractivity contribution in [3.05, 3.63) is 46.7 Å². The van der Waals surface area contributed by atoms with Gasteiger partial charge in [-0.05, 0) is 42.1 Å². The summed E-state index contributed by atoms with van der Waals surface area (Å²) in [5.74, 6) is 0.265. The fourth-order valence-corrected chi connectivity index (χ4v) is 2.79. The molecule has 0 aliphatic carbocycles. The van der Waals surface area contributed by atoms with Crippen LogP contribution in [-0.4, -0.2) is 18.4 Å². The van der Waals surface area contributed by atoms with Crippen LogP contribution in [0.3, 0.4) is 0 Å². The molecule has 5 heteroatoms. The molecule has 3 rings (SSSR count). The summed E-state index contributed by atoms with van der Waals surface area (Å²) in [7, 11) is 0. The normalized spacial score (nSPS) is 14.6. The zero-order valence-electron chi connectivity index (χ0n) is 10.7. The van der Waals surface area contributed by atoms with Gasteiger partial charge in [0.05, 0.1) is 5.56 Å². The van der Waals surface area contributed by atoms with Crippen LogP contribution in [0.15, 0.2) is 41.1 Å². The topological polar surface area (TPSA) is 46.6 Å². The van der Waals surface area contributed by atoms with E-state index in [1.54, 1.807) is 40.6 Å². The predicted octanol–water partition coefficient (Wildman–Crippen LogP) is 3.09. The molecule has 0 bridgehead atoms. The van der Waals surface area contributed by atoms with Crippen molar-refractivity contribution in [1.29, 1.82) is 0 Å². The lowest BCUT2D eigenvalue weighted by molar-refractivity contribution is -0.117. The fourth-order valence-electron chi connectivity index (χ4n) is 2.16. The van der Waals surface area contributed by atoms with Gasteiger partial charge in [0.1, 0.15) is 5.75 Å². The van der Waals surface area contributed by atoms with Crippen molar-refractivity contribution in [3.8, 4) is 5.75 Å². The van der Waals surface area contributed by atoms with Crippen LogP contribution in [0.1, 0.15) is 23.2 Å². The molecule has 0 N–H and O–H groups in total. The molecular weight excluding hydrogens is 274 g/mol. The second-order valence-corrected chi connectivity index (χ2v) is 5.32. The Morgan fingerprint density at radius 3 is 2.60 bits per heavy atom. The molecule has 0 spiro atoms. The zero-order chi connectivity index (χ0) is 13.9. The summed E-state index contributed by atoms with van der Waals surface area (Å²) in [6.07, 6.45) is 1.50. The first-order chi connectivity index (χ1) is 9.74. The number of hydrogen-bond acceptors (Lipinski definition) is 4. The Labute approximate surface area is 120 Å². The lowest BCUT2D eigenvalue weighted by atomic mass is 10.2. The first-order valence-corrected chi connectivity index (χ1v) is 7.33. The van der Waals surface area contributed by atoms with Crippen molar-refractivity contribution in [1.82, 2.24) is 0 Å². The maximum Gasteiger partial charge on any atom is 0.344 e. The van der Waals surface area contributed by atoms with Crippen LogP contribution in [0.2, 0.25) is 0 Å². The average Bonchev–Trinajstić information content (AvgIpc) is 3.11. The number of anilines is 1. The molecule has 2 aromatic rings. The molecule has 1 aliphatic heterocycles. The number of hydrogen-bond donors (Lipinski definition) is 0. The van der Waals surface area contributed by atoms with Gasteiger partial charge in [-0.25, -0.2) is 4.79 Å². The lowest BCUT2D eigenvalue weighted by Gasteiger charge is -2.15. The highest BCUT2D eigenvalue weighted by Gasteiger charge is 2.21. The van der Waals surface area contributed by atoms with E-state index in [0.29, 0.717) is 17.7 Å². The first kappa shape index (κ1) is 12.9. The van der Waals surface area contributed by atoms with Crippen LogP contribution in [0, 0.1) is 0 Å².